The minimum Gasteiger partial charge on any atom is -0.399 e. The molecule has 0 aliphatic rings. The molecule has 0 saturated carbocycles. The van der Waals surface area contributed by atoms with Gasteiger partial charge >= 0.3 is 0 Å². The highest BCUT2D eigenvalue weighted by molar-refractivity contribution is 5.52. The third kappa shape index (κ3) is 2.88. The molecule has 2 nitrogen and oxygen atoms in total. The van der Waals surface area contributed by atoms with Crippen molar-refractivity contribution in [2.24, 2.45) is 0 Å². The molecule has 0 radical (unpaired) electrons. The first-order valence-corrected chi connectivity index (χ1v) is 5.79. The summed E-state index contributed by atoms with van der Waals surface area (Å²) in [7, 11) is 0. The van der Waals surface area contributed by atoms with Crippen molar-refractivity contribution >= 4 is 11.4 Å². The Labute approximate surface area is 92.9 Å². The Balaban J connectivity index is 2.78. The molecule has 0 saturated heterocycles. The predicted molar refractivity (Wildman–Crippen MR) is 68.1 cm³/mol. The Kier molecular flexibility index (Phi) is 4.01. The van der Waals surface area contributed by atoms with Crippen LogP contribution in [0.1, 0.15) is 40.0 Å². The fourth-order valence-electron chi connectivity index (χ4n) is 1.89. The van der Waals surface area contributed by atoms with Crippen molar-refractivity contribution < 1.29 is 0 Å². The molecule has 1 aromatic carbocycles. The molecule has 0 spiro atoms. The quantitative estimate of drug-likeness (QED) is 0.722. The van der Waals surface area contributed by atoms with E-state index in [4.69, 9.17) is 5.73 Å². The maximum atomic E-state index is 5.66. The van der Waals surface area contributed by atoms with E-state index in [-0.39, 0.29) is 5.54 Å². The molecule has 0 atom stereocenters. The van der Waals surface area contributed by atoms with Crippen LogP contribution in [0.25, 0.3) is 0 Å². The van der Waals surface area contributed by atoms with E-state index >= 15 is 0 Å². The molecule has 0 aliphatic carbocycles. The number of hydrogen-bond acceptors (Lipinski definition) is 2. The van der Waals surface area contributed by atoms with Gasteiger partial charge in [-0.3, -0.25) is 0 Å². The lowest BCUT2D eigenvalue weighted by Gasteiger charge is -2.33. The second-order valence-corrected chi connectivity index (χ2v) is 4.09. The van der Waals surface area contributed by atoms with Crippen molar-refractivity contribution in [1.29, 1.82) is 0 Å². The molecule has 0 aromatic heterocycles. The normalized spacial score (nSPS) is 11.4. The first kappa shape index (κ1) is 11.9. The number of nitrogen functional groups attached to an aromatic ring is 1. The third-order valence-electron chi connectivity index (χ3n) is 3.35. The van der Waals surface area contributed by atoms with Crippen LogP contribution in [0.3, 0.4) is 0 Å². The summed E-state index contributed by atoms with van der Waals surface area (Å²) >= 11 is 0. The van der Waals surface area contributed by atoms with Gasteiger partial charge in [0.25, 0.3) is 0 Å². The average Bonchev–Trinajstić information content (AvgIpc) is 2.29. The predicted octanol–water partition coefficient (Wildman–Crippen LogP) is 3.65. The van der Waals surface area contributed by atoms with Gasteiger partial charge in [-0.2, -0.15) is 0 Å². The van der Waals surface area contributed by atoms with Gasteiger partial charge in [0.05, 0.1) is 0 Å². The number of hydrogen-bond donors (Lipinski definition) is 2. The van der Waals surface area contributed by atoms with Crippen LogP contribution >= 0.6 is 0 Å². The zero-order valence-corrected chi connectivity index (χ0v) is 10.0. The number of rotatable bonds is 5. The molecule has 0 unspecified atom stereocenters. The number of nitrogens with one attached hydrogen (secondary N) is 1. The number of anilines is 2. The van der Waals surface area contributed by atoms with Crippen LogP contribution < -0.4 is 11.1 Å². The highest BCUT2D eigenvalue weighted by atomic mass is 15.0. The monoisotopic (exact) mass is 206 g/mol. The van der Waals surface area contributed by atoms with Gasteiger partial charge in [-0.1, -0.05) is 20.8 Å². The second kappa shape index (κ2) is 5.06. The second-order valence-electron chi connectivity index (χ2n) is 4.09. The van der Waals surface area contributed by atoms with Gasteiger partial charge in [-0.15, -0.1) is 0 Å². The van der Waals surface area contributed by atoms with E-state index in [2.05, 4.69) is 26.1 Å². The van der Waals surface area contributed by atoms with Crippen molar-refractivity contribution in [1.82, 2.24) is 0 Å². The maximum Gasteiger partial charge on any atom is 0.0366 e. The molecule has 84 valence electrons. The van der Waals surface area contributed by atoms with Crippen LogP contribution in [0.5, 0.6) is 0 Å². The van der Waals surface area contributed by atoms with E-state index in [1.165, 1.54) is 0 Å². The van der Waals surface area contributed by atoms with Gasteiger partial charge in [0.15, 0.2) is 0 Å². The molecule has 0 aliphatic heterocycles. The van der Waals surface area contributed by atoms with Crippen LogP contribution in [0, 0.1) is 0 Å². The van der Waals surface area contributed by atoms with Crippen LogP contribution in [-0.2, 0) is 0 Å². The fraction of sp³-hybridized carbons (Fsp3) is 0.538. The largest absolute Gasteiger partial charge is 0.399 e. The van der Waals surface area contributed by atoms with E-state index in [1.54, 1.807) is 0 Å². The lowest BCUT2D eigenvalue weighted by Crippen LogP contribution is -2.36. The molecule has 2 heteroatoms. The number of benzene rings is 1. The van der Waals surface area contributed by atoms with E-state index in [9.17, 15) is 0 Å². The number of nitrogens with two attached hydrogens (primary N) is 1. The highest BCUT2D eigenvalue weighted by Crippen LogP contribution is 2.25. The fourth-order valence-corrected chi connectivity index (χ4v) is 1.89. The summed E-state index contributed by atoms with van der Waals surface area (Å²) < 4.78 is 0. The van der Waals surface area contributed by atoms with Crippen molar-refractivity contribution in [2.75, 3.05) is 11.1 Å². The van der Waals surface area contributed by atoms with Crippen molar-refractivity contribution in [3.63, 3.8) is 0 Å². The van der Waals surface area contributed by atoms with E-state index in [0.29, 0.717) is 0 Å². The summed E-state index contributed by atoms with van der Waals surface area (Å²) in [6.07, 6.45) is 3.43. The van der Waals surface area contributed by atoms with Crippen LogP contribution in [0.2, 0.25) is 0 Å². The topological polar surface area (TPSA) is 38.0 Å². The zero-order chi connectivity index (χ0) is 11.3. The first-order valence-electron chi connectivity index (χ1n) is 5.79. The lowest BCUT2D eigenvalue weighted by molar-refractivity contribution is 0.420. The minimum atomic E-state index is 0.232. The van der Waals surface area contributed by atoms with Crippen LogP contribution in [-0.4, -0.2) is 5.54 Å². The highest BCUT2D eigenvalue weighted by Gasteiger charge is 2.22. The summed E-state index contributed by atoms with van der Waals surface area (Å²) in [5.41, 5.74) is 7.87. The van der Waals surface area contributed by atoms with Crippen LogP contribution in [0.15, 0.2) is 24.3 Å². The molecule has 0 heterocycles. The summed E-state index contributed by atoms with van der Waals surface area (Å²) in [5, 5.41) is 3.61. The van der Waals surface area contributed by atoms with Gasteiger partial charge in [0.1, 0.15) is 0 Å². The van der Waals surface area contributed by atoms with Gasteiger partial charge < -0.3 is 11.1 Å². The Hall–Kier alpha value is -1.18. The summed E-state index contributed by atoms with van der Waals surface area (Å²) in [6, 6.07) is 7.97. The third-order valence-corrected chi connectivity index (χ3v) is 3.35. The van der Waals surface area contributed by atoms with Crippen LogP contribution in [0.4, 0.5) is 11.4 Å². The molecule has 0 bridgehead atoms. The van der Waals surface area contributed by atoms with E-state index in [0.717, 1.165) is 30.6 Å². The van der Waals surface area contributed by atoms with Gasteiger partial charge in [-0.25, -0.2) is 0 Å². The molecular weight excluding hydrogens is 184 g/mol. The van der Waals surface area contributed by atoms with Gasteiger partial charge in [0.2, 0.25) is 0 Å². The molecule has 3 N–H and O–H groups in total. The first-order chi connectivity index (χ1) is 7.15. The molecule has 1 rings (SSSR count). The lowest BCUT2D eigenvalue weighted by atomic mass is 9.89. The Morgan fingerprint density at radius 2 is 1.47 bits per heavy atom. The summed E-state index contributed by atoms with van der Waals surface area (Å²) in [6.45, 7) is 6.70. The van der Waals surface area contributed by atoms with Crippen molar-refractivity contribution in [3.05, 3.63) is 24.3 Å². The average molecular weight is 206 g/mol. The Morgan fingerprint density at radius 3 is 1.87 bits per heavy atom. The zero-order valence-electron chi connectivity index (χ0n) is 10.0. The molecule has 1 aromatic rings. The van der Waals surface area contributed by atoms with Crippen molar-refractivity contribution in [2.45, 2.75) is 45.6 Å². The summed E-state index contributed by atoms with van der Waals surface area (Å²) in [4.78, 5) is 0. The molecule has 15 heavy (non-hydrogen) atoms. The SMILES string of the molecule is CCC(CC)(CC)Nc1ccc(N)cc1. The maximum absolute atomic E-state index is 5.66. The van der Waals surface area contributed by atoms with Crippen molar-refractivity contribution in [3.8, 4) is 0 Å². The molecular formula is C13H22N2. The summed E-state index contributed by atoms with van der Waals surface area (Å²) in [5.74, 6) is 0. The van der Waals surface area contributed by atoms with E-state index < -0.39 is 0 Å². The Morgan fingerprint density at radius 1 is 1.00 bits per heavy atom. The molecule has 0 fully saturated rings. The molecule has 0 amide bonds. The standard InChI is InChI=1S/C13H22N2/c1-4-13(5-2,6-3)15-12-9-7-11(14)8-10-12/h7-10,15H,4-6,14H2,1-3H3. The Bertz CT molecular complexity index is 278. The van der Waals surface area contributed by atoms with E-state index in [1.807, 2.05) is 24.3 Å². The smallest absolute Gasteiger partial charge is 0.0366 e. The minimum absolute atomic E-state index is 0.232. The van der Waals surface area contributed by atoms with Gasteiger partial charge in [-0.05, 0) is 43.5 Å². The van der Waals surface area contributed by atoms with Gasteiger partial charge in [0, 0.05) is 16.9 Å².